The van der Waals surface area contributed by atoms with Gasteiger partial charge in [0.1, 0.15) is 0 Å². The molecule has 0 aromatic heterocycles. The summed E-state index contributed by atoms with van der Waals surface area (Å²) in [5, 5.41) is 2.79. The maximum atomic E-state index is 12.4. The molecular formula is C16H26ClN3O3S2. The van der Waals surface area contributed by atoms with Gasteiger partial charge in [-0.3, -0.25) is 4.79 Å². The number of nitrogens with one attached hydrogen (secondary N) is 1. The van der Waals surface area contributed by atoms with Crippen molar-refractivity contribution in [3.05, 3.63) is 29.8 Å². The van der Waals surface area contributed by atoms with Crippen molar-refractivity contribution in [2.75, 3.05) is 25.1 Å². The van der Waals surface area contributed by atoms with Crippen molar-refractivity contribution in [2.45, 2.75) is 36.7 Å². The molecule has 25 heavy (non-hydrogen) atoms. The number of hydrogen-bond donors (Lipinski definition) is 2. The summed E-state index contributed by atoms with van der Waals surface area (Å²) < 4.78 is 26.4. The summed E-state index contributed by atoms with van der Waals surface area (Å²) in [7, 11) is -3.39. The van der Waals surface area contributed by atoms with Gasteiger partial charge in [-0.1, -0.05) is 12.1 Å². The summed E-state index contributed by atoms with van der Waals surface area (Å²) >= 11 is 1.66. The Bertz CT molecular complexity index is 647. The van der Waals surface area contributed by atoms with E-state index in [0.29, 0.717) is 31.0 Å². The first kappa shape index (κ1) is 22.2. The zero-order valence-corrected chi connectivity index (χ0v) is 16.8. The van der Waals surface area contributed by atoms with Gasteiger partial charge in [-0.15, -0.1) is 12.4 Å². The molecule has 0 radical (unpaired) electrons. The van der Waals surface area contributed by atoms with Gasteiger partial charge in [0.15, 0.2) is 0 Å². The quantitative estimate of drug-likeness (QED) is 0.682. The van der Waals surface area contributed by atoms with E-state index >= 15 is 0 Å². The Morgan fingerprint density at radius 2 is 1.88 bits per heavy atom. The standard InChI is InChI=1S/C16H25N3O3S2.ClH/c1-23-11-8-15(17)16(20)18-12-13-4-6-14(7-5-13)24(21,22)19-9-2-3-10-19;/h4-7,15H,2-3,8-12,17H2,1H3,(H,18,20);1H/t15-;/m0./s1. The van der Waals surface area contributed by atoms with Crippen LogP contribution >= 0.6 is 24.2 Å². The van der Waals surface area contributed by atoms with Crippen LogP contribution in [0.5, 0.6) is 0 Å². The lowest BCUT2D eigenvalue weighted by atomic mass is 10.2. The second-order valence-electron chi connectivity index (χ2n) is 5.86. The van der Waals surface area contributed by atoms with E-state index in [0.717, 1.165) is 24.2 Å². The van der Waals surface area contributed by atoms with Crippen molar-refractivity contribution in [3.8, 4) is 0 Å². The number of halogens is 1. The maximum absolute atomic E-state index is 12.4. The molecule has 1 aliphatic heterocycles. The lowest BCUT2D eigenvalue weighted by Gasteiger charge is -2.16. The normalized spacial score (nSPS) is 16.2. The molecule has 1 fully saturated rings. The Morgan fingerprint density at radius 1 is 1.28 bits per heavy atom. The number of hydrogen-bond acceptors (Lipinski definition) is 5. The molecule has 3 N–H and O–H groups in total. The molecule has 1 aromatic rings. The van der Waals surface area contributed by atoms with Gasteiger partial charge >= 0.3 is 0 Å². The SMILES string of the molecule is CSCC[C@H](N)C(=O)NCc1ccc(S(=O)(=O)N2CCCC2)cc1.Cl. The minimum Gasteiger partial charge on any atom is -0.351 e. The van der Waals surface area contributed by atoms with Gasteiger partial charge in [0.25, 0.3) is 0 Å². The van der Waals surface area contributed by atoms with Gasteiger partial charge in [-0.2, -0.15) is 16.1 Å². The van der Waals surface area contributed by atoms with Crippen molar-refractivity contribution >= 4 is 40.1 Å². The molecule has 1 amide bonds. The molecule has 2 rings (SSSR count). The van der Waals surface area contributed by atoms with E-state index in [1.54, 1.807) is 36.0 Å². The molecule has 1 saturated heterocycles. The van der Waals surface area contributed by atoms with E-state index in [1.807, 2.05) is 6.26 Å². The fraction of sp³-hybridized carbons (Fsp3) is 0.562. The molecule has 0 bridgehead atoms. The molecule has 1 aromatic carbocycles. The van der Waals surface area contributed by atoms with Crippen LogP contribution in [0.3, 0.4) is 0 Å². The third-order valence-electron chi connectivity index (χ3n) is 4.06. The largest absolute Gasteiger partial charge is 0.351 e. The lowest BCUT2D eigenvalue weighted by molar-refractivity contribution is -0.122. The number of nitrogens with zero attached hydrogens (tertiary/aromatic N) is 1. The topological polar surface area (TPSA) is 92.5 Å². The summed E-state index contributed by atoms with van der Waals surface area (Å²) in [6, 6.07) is 6.16. The van der Waals surface area contributed by atoms with E-state index in [4.69, 9.17) is 5.73 Å². The van der Waals surface area contributed by atoms with Crippen LogP contribution in [0.4, 0.5) is 0 Å². The van der Waals surface area contributed by atoms with Crippen molar-refractivity contribution in [3.63, 3.8) is 0 Å². The number of nitrogens with two attached hydrogens (primary N) is 1. The van der Waals surface area contributed by atoms with E-state index in [1.165, 1.54) is 4.31 Å². The highest BCUT2D eigenvalue weighted by Crippen LogP contribution is 2.21. The van der Waals surface area contributed by atoms with Crippen molar-refractivity contribution in [1.29, 1.82) is 0 Å². The van der Waals surface area contributed by atoms with Crippen LogP contribution in [0, 0.1) is 0 Å². The van der Waals surface area contributed by atoms with Gasteiger partial charge in [-0.05, 0) is 49.0 Å². The smallest absolute Gasteiger partial charge is 0.243 e. The maximum Gasteiger partial charge on any atom is 0.243 e. The molecule has 142 valence electrons. The predicted octanol–water partition coefficient (Wildman–Crippen LogP) is 1.59. The van der Waals surface area contributed by atoms with E-state index < -0.39 is 16.1 Å². The Morgan fingerprint density at radius 3 is 2.44 bits per heavy atom. The van der Waals surface area contributed by atoms with Crippen LogP contribution in [-0.4, -0.2) is 49.8 Å². The van der Waals surface area contributed by atoms with Crippen molar-refractivity contribution in [1.82, 2.24) is 9.62 Å². The van der Waals surface area contributed by atoms with Crippen LogP contribution < -0.4 is 11.1 Å². The number of sulfonamides is 1. The number of benzene rings is 1. The van der Waals surface area contributed by atoms with Crippen molar-refractivity contribution in [2.24, 2.45) is 5.73 Å². The molecule has 1 atom stereocenters. The fourth-order valence-corrected chi connectivity index (χ4v) is 4.56. The minimum absolute atomic E-state index is 0. The van der Waals surface area contributed by atoms with Gasteiger partial charge in [0.05, 0.1) is 10.9 Å². The third kappa shape index (κ3) is 6.14. The first-order chi connectivity index (χ1) is 11.4. The molecule has 0 saturated carbocycles. The molecular weight excluding hydrogens is 382 g/mol. The monoisotopic (exact) mass is 407 g/mol. The third-order valence-corrected chi connectivity index (χ3v) is 6.62. The van der Waals surface area contributed by atoms with Crippen LogP contribution in [0.1, 0.15) is 24.8 Å². The lowest BCUT2D eigenvalue weighted by Crippen LogP contribution is -2.40. The summed E-state index contributed by atoms with van der Waals surface area (Å²) in [6.45, 7) is 1.53. The van der Waals surface area contributed by atoms with Crippen LogP contribution in [0.2, 0.25) is 0 Å². The van der Waals surface area contributed by atoms with E-state index in [9.17, 15) is 13.2 Å². The Labute approximate surface area is 160 Å². The molecule has 6 nitrogen and oxygen atoms in total. The number of thioether (sulfide) groups is 1. The van der Waals surface area contributed by atoms with Gasteiger partial charge in [0.2, 0.25) is 15.9 Å². The highest BCUT2D eigenvalue weighted by molar-refractivity contribution is 7.98. The number of carbonyl (C=O) groups excluding carboxylic acids is 1. The second kappa shape index (κ2) is 10.4. The second-order valence-corrected chi connectivity index (χ2v) is 8.78. The zero-order chi connectivity index (χ0) is 17.6. The van der Waals surface area contributed by atoms with Gasteiger partial charge in [-0.25, -0.2) is 8.42 Å². The summed E-state index contributed by atoms with van der Waals surface area (Å²) in [5.41, 5.74) is 6.66. The van der Waals surface area contributed by atoms with E-state index in [2.05, 4.69) is 5.32 Å². The Hall–Kier alpha value is -0.800. The Kier molecular flexibility index (Phi) is 9.23. The fourth-order valence-electron chi connectivity index (χ4n) is 2.55. The average Bonchev–Trinajstić information content (AvgIpc) is 3.13. The molecule has 0 unspecified atom stereocenters. The predicted molar refractivity (Wildman–Crippen MR) is 105 cm³/mol. The average molecular weight is 408 g/mol. The highest BCUT2D eigenvalue weighted by atomic mass is 35.5. The van der Waals surface area contributed by atoms with E-state index in [-0.39, 0.29) is 18.3 Å². The minimum atomic E-state index is -3.39. The molecule has 1 aliphatic rings. The zero-order valence-electron chi connectivity index (χ0n) is 14.3. The van der Waals surface area contributed by atoms with Crippen LogP contribution in [-0.2, 0) is 21.4 Å². The number of amides is 1. The Balaban J connectivity index is 0.00000312. The first-order valence-corrected chi connectivity index (χ1v) is 10.9. The molecule has 9 heteroatoms. The number of carbonyl (C=O) groups is 1. The molecule has 0 aliphatic carbocycles. The van der Waals surface area contributed by atoms with Crippen LogP contribution in [0.15, 0.2) is 29.2 Å². The van der Waals surface area contributed by atoms with Gasteiger partial charge < -0.3 is 11.1 Å². The number of rotatable bonds is 8. The summed E-state index contributed by atoms with van der Waals surface area (Å²) in [6.07, 6.45) is 4.45. The highest BCUT2D eigenvalue weighted by Gasteiger charge is 2.26. The molecule has 1 heterocycles. The molecule has 0 spiro atoms. The van der Waals surface area contributed by atoms with Gasteiger partial charge in [0, 0.05) is 19.6 Å². The summed E-state index contributed by atoms with van der Waals surface area (Å²) in [5.74, 6) is 0.662. The summed E-state index contributed by atoms with van der Waals surface area (Å²) in [4.78, 5) is 12.2. The van der Waals surface area contributed by atoms with Crippen molar-refractivity contribution < 1.29 is 13.2 Å². The van der Waals surface area contributed by atoms with Crippen LogP contribution in [0.25, 0.3) is 0 Å². The first-order valence-electron chi connectivity index (χ1n) is 8.06.